The van der Waals surface area contributed by atoms with Gasteiger partial charge in [0.2, 0.25) is 0 Å². The Morgan fingerprint density at radius 3 is 2.79 bits per heavy atom. The van der Waals surface area contributed by atoms with E-state index in [1.54, 1.807) is 24.0 Å². The van der Waals surface area contributed by atoms with Gasteiger partial charge in [0.05, 0.1) is 6.54 Å². The van der Waals surface area contributed by atoms with Crippen molar-refractivity contribution in [3.8, 4) is 5.75 Å². The molecule has 1 N–H and O–H groups in total. The van der Waals surface area contributed by atoms with Gasteiger partial charge in [-0.05, 0) is 12.1 Å². The molecule has 0 aliphatic heterocycles. The zero-order valence-corrected chi connectivity index (χ0v) is 9.98. The summed E-state index contributed by atoms with van der Waals surface area (Å²) in [6.07, 6.45) is -3.15. The highest BCUT2D eigenvalue weighted by Gasteiger charge is 2.31. The smallest absolute Gasteiger partial charge is 0.406 e. The van der Waals surface area contributed by atoms with Gasteiger partial charge in [0.15, 0.2) is 5.82 Å². The van der Waals surface area contributed by atoms with E-state index in [0.29, 0.717) is 18.1 Å². The van der Waals surface area contributed by atoms with Crippen molar-refractivity contribution in [1.29, 1.82) is 0 Å². The highest BCUT2D eigenvalue weighted by atomic mass is 19.4. The van der Waals surface area contributed by atoms with E-state index in [1.807, 2.05) is 0 Å². The van der Waals surface area contributed by atoms with E-state index in [2.05, 4.69) is 20.3 Å². The van der Waals surface area contributed by atoms with E-state index < -0.39 is 6.36 Å². The van der Waals surface area contributed by atoms with Crippen LogP contribution in [0.5, 0.6) is 5.75 Å². The van der Waals surface area contributed by atoms with E-state index >= 15 is 0 Å². The van der Waals surface area contributed by atoms with E-state index in [4.69, 9.17) is 0 Å². The third-order valence-electron chi connectivity index (χ3n) is 2.32. The van der Waals surface area contributed by atoms with Crippen molar-refractivity contribution in [1.82, 2.24) is 14.8 Å². The number of aryl methyl sites for hydroxylation is 1. The van der Waals surface area contributed by atoms with Gasteiger partial charge < -0.3 is 14.6 Å². The summed E-state index contributed by atoms with van der Waals surface area (Å²) >= 11 is 0. The SMILES string of the molecule is Cn1cnnc1CNc1cccc(OC(F)(F)F)c1. The molecule has 0 bridgehead atoms. The van der Waals surface area contributed by atoms with Crippen molar-refractivity contribution >= 4 is 5.69 Å². The van der Waals surface area contributed by atoms with E-state index in [0.717, 1.165) is 0 Å². The Labute approximate surface area is 107 Å². The van der Waals surface area contributed by atoms with Gasteiger partial charge in [-0.25, -0.2) is 0 Å². The number of benzene rings is 1. The average Bonchev–Trinajstić information content (AvgIpc) is 2.70. The van der Waals surface area contributed by atoms with Crippen molar-refractivity contribution in [3.05, 3.63) is 36.4 Å². The quantitative estimate of drug-likeness (QED) is 0.928. The molecule has 0 spiro atoms. The standard InChI is InChI=1S/C11H11F3N4O/c1-18-7-16-17-10(18)6-15-8-3-2-4-9(5-8)19-11(12,13)14/h2-5,7,15H,6H2,1H3. The minimum atomic E-state index is -4.69. The first-order valence-electron chi connectivity index (χ1n) is 5.36. The van der Waals surface area contributed by atoms with E-state index in [-0.39, 0.29) is 5.75 Å². The molecule has 8 heteroatoms. The normalized spacial score (nSPS) is 11.4. The number of nitrogens with zero attached hydrogens (tertiary/aromatic N) is 3. The molecule has 0 aliphatic carbocycles. The third kappa shape index (κ3) is 3.87. The summed E-state index contributed by atoms with van der Waals surface area (Å²) in [5.74, 6) is 0.401. The minimum absolute atomic E-state index is 0.268. The molecule has 102 valence electrons. The number of aromatic nitrogens is 3. The summed E-state index contributed by atoms with van der Waals surface area (Å²) < 4.78 is 41.8. The summed E-state index contributed by atoms with van der Waals surface area (Å²) in [4.78, 5) is 0. The van der Waals surface area contributed by atoms with Gasteiger partial charge >= 0.3 is 6.36 Å². The Kier molecular flexibility index (Phi) is 3.59. The maximum absolute atomic E-state index is 12.1. The molecule has 1 aromatic heterocycles. The van der Waals surface area contributed by atoms with Crippen LogP contribution < -0.4 is 10.1 Å². The number of nitrogens with one attached hydrogen (secondary N) is 1. The number of ether oxygens (including phenoxy) is 1. The van der Waals surface area contributed by atoms with Crippen LogP contribution >= 0.6 is 0 Å². The fraction of sp³-hybridized carbons (Fsp3) is 0.273. The second kappa shape index (κ2) is 5.17. The topological polar surface area (TPSA) is 52.0 Å². The van der Waals surface area contributed by atoms with Gasteiger partial charge in [0.25, 0.3) is 0 Å². The fourth-order valence-electron chi connectivity index (χ4n) is 1.45. The molecule has 2 rings (SSSR count). The molecule has 19 heavy (non-hydrogen) atoms. The Hall–Kier alpha value is -2.25. The van der Waals surface area contributed by atoms with E-state index in [1.165, 1.54) is 18.2 Å². The summed E-state index contributed by atoms with van der Waals surface area (Å²) in [5, 5.41) is 10.5. The molecule has 0 saturated carbocycles. The summed E-state index contributed by atoms with van der Waals surface area (Å²) in [7, 11) is 1.78. The van der Waals surface area contributed by atoms with Crippen molar-refractivity contribution < 1.29 is 17.9 Å². The minimum Gasteiger partial charge on any atom is -0.406 e. The summed E-state index contributed by atoms with van der Waals surface area (Å²) in [6, 6.07) is 5.62. The van der Waals surface area contributed by atoms with Crippen LogP contribution in [0.1, 0.15) is 5.82 Å². The fourth-order valence-corrected chi connectivity index (χ4v) is 1.45. The molecule has 2 aromatic rings. The lowest BCUT2D eigenvalue weighted by molar-refractivity contribution is -0.274. The predicted octanol–water partition coefficient (Wildman–Crippen LogP) is 2.33. The second-order valence-corrected chi connectivity index (χ2v) is 3.79. The molecule has 0 unspecified atom stereocenters. The van der Waals surface area contributed by atoms with Gasteiger partial charge in [-0.1, -0.05) is 6.07 Å². The van der Waals surface area contributed by atoms with Gasteiger partial charge in [0.1, 0.15) is 12.1 Å². The first-order valence-corrected chi connectivity index (χ1v) is 5.36. The van der Waals surface area contributed by atoms with Gasteiger partial charge in [-0.2, -0.15) is 0 Å². The second-order valence-electron chi connectivity index (χ2n) is 3.79. The number of hydrogen-bond donors (Lipinski definition) is 1. The van der Waals surface area contributed by atoms with Crippen LogP contribution in [0.3, 0.4) is 0 Å². The molecule has 1 aromatic carbocycles. The van der Waals surface area contributed by atoms with Gasteiger partial charge in [-0.3, -0.25) is 0 Å². The Bertz CT molecular complexity index is 553. The number of rotatable bonds is 4. The van der Waals surface area contributed by atoms with Crippen molar-refractivity contribution in [3.63, 3.8) is 0 Å². The molecule has 0 amide bonds. The lowest BCUT2D eigenvalue weighted by atomic mass is 10.3. The van der Waals surface area contributed by atoms with Crippen LogP contribution in [0.15, 0.2) is 30.6 Å². The zero-order chi connectivity index (χ0) is 13.9. The molecule has 0 aliphatic rings. The number of anilines is 1. The first-order chi connectivity index (χ1) is 8.94. The largest absolute Gasteiger partial charge is 0.573 e. The van der Waals surface area contributed by atoms with Crippen LogP contribution in [-0.2, 0) is 13.6 Å². The molecule has 1 heterocycles. The van der Waals surface area contributed by atoms with Gasteiger partial charge in [-0.15, -0.1) is 23.4 Å². The van der Waals surface area contributed by atoms with Crippen molar-refractivity contribution in [2.75, 3.05) is 5.32 Å². The number of alkyl halides is 3. The summed E-state index contributed by atoms with van der Waals surface area (Å²) in [6.45, 7) is 0.353. The van der Waals surface area contributed by atoms with Crippen LogP contribution in [0, 0.1) is 0 Å². The Balaban J connectivity index is 2.01. The van der Waals surface area contributed by atoms with Crippen LogP contribution in [-0.4, -0.2) is 21.1 Å². The molecule has 0 fully saturated rings. The average molecular weight is 272 g/mol. The van der Waals surface area contributed by atoms with Crippen molar-refractivity contribution in [2.45, 2.75) is 12.9 Å². The number of halogens is 3. The molecular formula is C11H11F3N4O. The predicted molar refractivity (Wildman–Crippen MR) is 61.5 cm³/mol. The van der Waals surface area contributed by atoms with Crippen LogP contribution in [0.25, 0.3) is 0 Å². The lowest BCUT2D eigenvalue weighted by Gasteiger charge is -2.11. The molecule has 5 nitrogen and oxygen atoms in total. The summed E-state index contributed by atoms with van der Waals surface area (Å²) in [5.41, 5.74) is 0.504. The van der Waals surface area contributed by atoms with E-state index in [9.17, 15) is 13.2 Å². The molecule has 0 radical (unpaired) electrons. The molecule has 0 atom stereocenters. The molecular weight excluding hydrogens is 261 g/mol. The highest BCUT2D eigenvalue weighted by molar-refractivity contribution is 5.48. The maximum Gasteiger partial charge on any atom is 0.573 e. The Morgan fingerprint density at radius 1 is 1.37 bits per heavy atom. The van der Waals surface area contributed by atoms with Crippen molar-refractivity contribution in [2.24, 2.45) is 7.05 Å². The monoisotopic (exact) mass is 272 g/mol. The molecule has 0 saturated heterocycles. The first kappa shape index (κ1) is 13.2. The lowest BCUT2D eigenvalue weighted by Crippen LogP contribution is -2.17. The Morgan fingerprint density at radius 2 is 2.16 bits per heavy atom. The van der Waals surface area contributed by atoms with Crippen LogP contribution in [0.4, 0.5) is 18.9 Å². The highest BCUT2D eigenvalue weighted by Crippen LogP contribution is 2.25. The zero-order valence-electron chi connectivity index (χ0n) is 9.98. The number of hydrogen-bond acceptors (Lipinski definition) is 4. The van der Waals surface area contributed by atoms with Gasteiger partial charge in [0, 0.05) is 18.8 Å². The third-order valence-corrected chi connectivity index (χ3v) is 2.32. The maximum atomic E-state index is 12.1. The van der Waals surface area contributed by atoms with Crippen LogP contribution in [0.2, 0.25) is 0 Å².